The summed E-state index contributed by atoms with van der Waals surface area (Å²) < 4.78 is 5.07. The van der Waals surface area contributed by atoms with Crippen molar-refractivity contribution < 1.29 is 14.3 Å². The number of carbonyl (C=O) groups is 2. The summed E-state index contributed by atoms with van der Waals surface area (Å²) in [6.07, 6.45) is 0.322. The van der Waals surface area contributed by atoms with Gasteiger partial charge in [0.05, 0.1) is 6.42 Å². The Morgan fingerprint density at radius 2 is 1.73 bits per heavy atom. The highest BCUT2D eigenvalue weighted by Crippen LogP contribution is 2.08. The molecule has 0 bridgehead atoms. The molecule has 0 rings (SSSR count). The maximum absolute atomic E-state index is 11.2. The summed E-state index contributed by atoms with van der Waals surface area (Å²) in [4.78, 5) is 22.5. The molecule has 88 valence electrons. The SMILES string of the molecule is CC(C)NC(=O)CCC(=O)OC(C)(C)C. The van der Waals surface area contributed by atoms with Crippen LogP contribution in [-0.4, -0.2) is 23.5 Å². The van der Waals surface area contributed by atoms with Crippen LogP contribution in [0, 0.1) is 0 Å². The molecule has 0 aliphatic rings. The fourth-order valence-electron chi connectivity index (χ4n) is 1.00. The first-order valence-electron chi connectivity index (χ1n) is 5.22. The van der Waals surface area contributed by atoms with Crippen molar-refractivity contribution in [3.8, 4) is 0 Å². The van der Waals surface area contributed by atoms with Gasteiger partial charge in [0.1, 0.15) is 5.60 Å². The number of ether oxygens (including phenoxy) is 1. The fourth-order valence-corrected chi connectivity index (χ4v) is 1.00. The average Bonchev–Trinajstić information content (AvgIpc) is 1.96. The molecule has 0 fully saturated rings. The molecule has 0 radical (unpaired) electrons. The molecule has 0 aliphatic carbocycles. The number of hydrogen-bond donors (Lipinski definition) is 1. The molecule has 0 aromatic heterocycles. The second-order valence-corrected chi connectivity index (χ2v) is 4.81. The van der Waals surface area contributed by atoms with Gasteiger partial charge in [0.25, 0.3) is 0 Å². The minimum Gasteiger partial charge on any atom is -0.460 e. The van der Waals surface area contributed by atoms with Gasteiger partial charge in [-0.25, -0.2) is 0 Å². The van der Waals surface area contributed by atoms with E-state index in [0.717, 1.165) is 0 Å². The highest BCUT2D eigenvalue weighted by molar-refractivity contribution is 5.81. The maximum Gasteiger partial charge on any atom is 0.306 e. The Hall–Kier alpha value is -1.06. The molecule has 15 heavy (non-hydrogen) atoms. The molecule has 0 aliphatic heterocycles. The summed E-state index contributed by atoms with van der Waals surface area (Å²) in [7, 11) is 0. The van der Waals surface area contributed by atoms with Crippen LogP contribution in [0.1, 0.15) is 47.5 Å². The van der Waals surface area contributed by atoms with E-state index in [1.165, 1.54) is 0 Å². The first-order chi connectivity index (χ1) is 6.70. The van der Waals surface area contributed by atoms with Crippen LogP contribution in [0.2, 0.25) is 0 Å². The van der Waals surface area contributed by atoms with E-state index in [-0.39, 0.29) is 30.8 Å². The van der Waals surface area contributed by atoms with Crippen LogP contribution < -0.4 is 5.32 Å². The summed E-state index contributed by atoms with van der Waals surface area (Å²) in [6.45, 7) is 9.17. The largest absolute Gasteiger partial charge is 0.460 e. The highest BCUT2D eigenvalue weighted by atomic mass is 16.6. The number of amides is 1. The van der Waals surface area contributed by atoms with Gasteiger partial charge in [0.2, 0.25) is 5.91 Å². The van der Waals surface area contributed by atoms with Crippen molar-refractivity contribution in [1.29, 1.82) is 0 Å². The number of hydrogen-bond acceptors (Lipinski definition) is 3. The molecule has 0 aromatic carbocycles. The lowest BCUT2D eigenvalue weighted by Gasteiger charge is -2.19. The third-order valence-corrected chi connectivity index (χ3v) is 1.43. The van der Waals surface area contributed by atoms with Crippen molar-refractivity contribution in [2.75, 3.05) is 0 Å². The monoisotopic (exact) mass is 215 g/mol. The molecule has 4 heteroatoms. The van der Waals surface area contributed by atoms with Crippen molar-refractivity contribution >= 4 is 11.9 Å². The zero-order chi connectivity index (χ0) is 12.1. The predicted octanol–water partition coefficient (Wildman–Crippen LogP) is 1.63. The van der Waals surface area contributed by atoms with Crippen molar-refractivity contribution in [1.82, 2.24) is 5.32 Å². The molecular weight excluding hydrogens is 194 g/mol. The molecule has 1 N–H and O–H groups in total. The molecule has 0 aromatic rings. The lowest BCUT2D eigenvalue weighted by atomic mass is 10.2. The molecule has 0 unspecified atom stereocenters. The minimum atomic E-state index is -0.481. The summed E-state index contributed by atoms with van der Waals surface area (Å²) in [6, 6.07) is 0.108. The van der Waals surface area contributed by atoms with Crippen LogP contribution in [0.4, 0.5) is 0 Å². The lowest BCUT2D eigenvalue weighted by molar-refractivity contribution is -0.155. The third-order valence-electron chi connectivity index (χ3n) is 1.43. The Balaban J connectivity index is 3.77. The van der Waals surface area contributed by atoms with E-state index < -0.39 is 5.60 Å². The van der Waals surface area contributed by atoms with Gasteiger partial charge >= 0.3 is 5.97 Å². The highest BCUT2D eigenvalue weighted by Gasteiger charge is 2.17. The number of nitrogens with one attached hydrogen (secondary N) is 1. The van der Waals surface area contributed by atoms with Gasteiger partial charge in [0.15, 0.2) is 0 Å². The van der Waals surface area contributed by atoms with Crippen molar-refractivity contribution in [3.05, 3.63) is 0 Å². The molecule has 0 heterocycles. The van der Waals surface area contributed by atoms with Crippen molar-refractivity contribution in [2.45, 2.75) is 59.1 Å². The van der Waals surface area contributed by atoms with E-state index in [2.05, 4.69) is 5.32 Å². The Morgan fingerprint density at radius 3 is 2.13 bits per heavy atom. The summed E-state index contributed by atoms with van der Waals surface area (Å²) in [5.74, 6) is -0.447. The second kappa shape index (κ2) is 5.73. The summed E-state index contributed by atoms with van der Waals surface area (Å²) in [5.41, 5.74) is -0.481. The van der Waals surface area contributed by atoms with Gasteiger partial charge in [0, 0.05) is 12.5 Å². The topological polar surface area (TPSA) is 55.4 Å². The van der Waals surface area contributed by atoms with Crippen molar-refractivity contribution in [3.63, 3.8) is 0 Å². The minimum absolute atomic E-state index is 0.108. The second-order valence-electron chi connectivity index (χ2n) is 4.81. The molecule has 0 atom stereocenters. The zero-order valence-corrected chi connectivity index (χ0v) is 10.2. The van der Waals surface area contributed by atoms with Gasteiger partial charge in [-0.15, -0.1) is 0 Å². The van der Waals surface area contributed by atoms with E-state index in [1.807, 2.05) is 13.8 Å². The number of carbonyl (C=O) groups excluding carboxylic acids is 2. The van der Waals surface area contributed by atoms with Gasteiger partial charge in [-0.05, 0) is 34.6 Å². The van der Waals surface area contributed by atoms with Crippen LogP contribution >= 0.6 is 0 Å². The van der Waals surface area contributed by atoms with Gasteiger partial charge in [-0.1, -0.05) is 0 Å². The molecular formula is C11H21NO3. The van der Waals surface area contributed by atoms with Gasteiger partial charge in [-0.2, -0.15) is 0 Å². The summed E-state index contributed by atoms with van der Waals surface area (Å²) in [5, 5.41) is 2.71. The lowest BCUT2D eigenvalue weighted by Crippen LogP contribution is -2.31. The van der Waals surface area contributed by atoms with Gasteiger partial charge in [-0.3, -0.25) is 9.59 Å². The fraction of sp³-hybridized carbons (Fsp3) is 0.818. The molecule has 4 nitrogen and oxygen atoms in total. The summed E-state index contributed by atoms with van der Waals surface area (Å²) >= 11 is 0. The molecule has 1 amide bonds. The Morgan fingerprint density at radius 1 is 1.20 bits per heavy atom. The van der Waals surface area contributed by atoms with Crippen molar-refractivity contribution in [2.24, 2.45) is 0 Å². The smallest absolute Gasteiger partial charge is 0.306 e. The van der Waals surface area contributed by atoms with Gasteiger partial charge < -0.3 is 10.1 Å². The first-order valence-corrected chi connectivity index (χ1v) is 5.22. The molecule has 0 saturated carbocycles. The van der Waals surface area contributed by atoms with E-state index >= 15 is 0 Å². The van der Waals surface area contributed by atoms with E-state index in [9.17, 15) is 9.59 Å². The first kappa shape index (κ1) is 13.9. The standard InChI is InChI=1S/C11H21NO3/c1-8(2)12-9(13)6-7-10(14)15-11(3,4)5/h8H,6-7H2,1-5H3,(H,12,13). The van der Waals surface area contributed by atoms with Crippen LogP contribution in [-0.2, 0) is 14.3 Å². The molecule has 0 spiro atoms. The maximum atomic E-state index is 11.2. The number of esters is 1. The average molecular weight is 215 g/mol. The number of rotatable bonds is 4. The Kier molecular flexibility index (Phi) is 5.33. The Labute approximate surface area is 91.4 Å². The zero-order valence-electron chi connectivity index (χ0n) is 10.2. The Bertz CT molecular complexity index is 228. The predicted molar refractivity (Wildman–Crippen MR) is 58.4 cm³/mol. The van der Waals surface area contributed by atoms with E-state index in [0.29, 0.717) is 0 Å². The quantitative estimate of drug-likeness (QED) is 0.725. The van der Waals surface area contributed by atoms with Crippen LogP contribution in [0.3, 0.4) is 0 Å². The van der Waals surface area contributed by atoms with E-state index in [1.54, 1.807) is 20.8 Å². The van der Waals surface area contributed by atoms with Crippen LogP contribution in [0.5, 0.6) is 0 Å². The van der Waals surface area contributed by atoms with Crippen LogP contribution in [0.15, 0.2) is 0 Å². The third kappa shape index (κ3) is 9.25. The molecule has 0 saturated heterocycles. The normalized spacial score (nSPS) is 11.3. The van der Waals surface area contributed by atoms with E-state index in [4.69, 9.17) is 4.74 Å². The van der Waals surface area contributed by atoms with Crippen LogP contribution in [0.25, 0.3) is 0 Å².